The lowest BCUT2D eigenvalue weighted by atomic mass is 9.66. The Kier molecular flexibility index (Phi) is 5.25. The number of methoxy groups -OCH3 is 1. The van der Waals surface area contributed by atoms with Gasteiger partial charge in [0, 0.05) is 34.7 Å². The van der Waals surface area contributed by atoms with Crippen molar-refractivity contribution in [3.63, 3.8) is 0 Å². The van der Waals surface area contributed by atoms with Crippen LogP contribution in [0.2, 0.25) is 0 Å². The number of carboxylic acids is 1. The summed E-state index contributed by atoms with van der Waals surface area (Å²) in [6.45, 7) is 5.79. The Morgan fingerprint density at radius 1 is 1.31 bits per heavy atom. The van der Waals surface area contributed by atoms with Crippen LogP contribution in [0.5, 0.6) is 0 Å². The fourth-order valence-corrected chi connectivity index (χ4v) is 5.46. The van der Waals surface area contributed by atoms with Crippen LogP contribution in [0.15, 0.2) is 30.5 Å². The molecule has 184 valence electrons. The molecule has 35 heavy (non-hydrogen) atoms. The van der Waals surface area contributed by atoms with Gasteiger partial charge in [-0.1, -0.05) is 13.8 Å². The quantitative estimate of drug-likeness (QED) is 0.368. The molecule has 6 nitrogen and oxygen atoms in total. The van der Waals surface area contributed by atoms with E-state index in [1.165, 1.54) is 12.3 Å². The van der Waals surface area contributed by atoms with Gasteiger partial charge in [0.25, 0.3) is 0 Å². The van der Waals surface area contributed by atoms with E-state index in [1.807, 2.05) is 18.4 Å². The van der Waals surface area contributed by atoms with Crippen molar-refractivity contribution in [2.45, 2.75) is 50.6 Å². The zero-order valence-electron chi connectivity index (χ0n) is 19.9. The van der Waals surface area contributed by atoms with E-state index in [9.17, 15) is 18.7 Å². The maximum Gasteiger partial charge on any atom is 0.341 e. The van der Waals surface area contributed by atoms with Crippen LogP contribution >= 0.6 is 0 Å². The van der Waals surface area contributed by atoms with E-state index in [-0.39, 0.29) is 36.2 Å². The molecule has 2 heterocycles. The lowest BCUT2D eigenvalue weighted by Crippen LogP contribution is -2.46. The molecular formula is C26H26F3N3O3. The summed E-state index contributed by atoms with van der Waals surface area (Å²) >= 11 is 0. The number of carbonyl (C=O) groups is 1. The molecule has 0 aliphatic heterocycles. The Hall–Kier alpha value is -3.33. The SMILES string of the molecule is COCC(C)(C)c1c(C2CC(F)(C(=O)O)C2)c2c(F)c3[nH]ncc3cc2n1-c1ccc(F)c(C)c1. The monoisotopic (exact) mass is 485 g/mol. The third-order valence-electron chi connectivity index (χ3n) is 7.12. The number of halogens is 3. The fourth-order valence-electron chi connectivity index (χ4n) is 5.46. The van der Waals surface area contributed by atoms with Crippen molar-refractivity contribution in [3.05, 3.63) is 58.9 Å². The van der Waals surface area contributed by atoms with Gasteiger partial charge < -0.3 is 14.4 Å². The second-order valence-electron chi connectivity index (χ2n) is 10.1. The van der Waals surface area contributed by atoms with Crippen LogP contribution in [0.25, 0.3) is 27.5 Å². The van der Waals surface area contributed by atoms with Crippen LogP contribution in [-0.2, 0) is 14.9 Å². The molecule has 1 aliphatic rings. The number of benzene rings is 2. The highest BCUT2D eigenvalue weighted by atomic mass is 19.1. The predicted molar refractivity (Wildman–Crippen MR) is 126 cm³/mol. The lowest BCUT2D eigenvalue weighted by Gasteiger charge is -2.40. The van der Waals surface area contributed by atoms with E-state index in [2.05, 4.69) is 10.2 Å². The van der Waals surface area contributed by atoms with Crippen molar-refractivity contribution in [1.29, 1.82) is 0 Å². The molecule has 1 fully saturated rings. The topological polar surface area (TPSA) is 80.1 Å². The Morgan fingerprint density at radius 2 is 2.03 bits per heavy atom. The number of aliphatic carboxylic acids is 1. The van der Waals surface area contributed by atoms with Gasteiger partial charge in [0.1, 0.15) is 11.3 Å². The highest BCUT2D eigenvalue weighted by molar-refractivity contribution is 6.00. The number of fused-ring (bicyclic) bond motifs is 2. The number of rotatable bonds is 6. The van der Waals surface area contributed by atoms with Gasteiger partial charge >= 0.3 is 5.97 Å². The molecule has 0 amide bonds. The Bertz CT molecular complexity index is 1480. The van der Waals surface area contributed by atoms with Crippen LogP contribution in [0, 0.1) is 18.6 Å². The van der Waals surface area contributed by atoms with Crippen molar-refractivity contribution in [3.8, 4) is 5.69 Å². The van der Waals surface area contributed by atoms with E-state index in [0.717, 1.165) is 0 Å². The average Bonchev–Trinajstić information content (AvgIpc) is 3.37. The number of hydrogen-bond donors (Lipinski definition) is 2. The molecule has 2 aromatic carbocycles. The first kappa shape index (κ1) is 23.4. The molecule has 2 N–H and O–H groups in total. The molecule has 1 aliphatic carbocycles. The van der Waals surface area contributed by atoms with Gasteiger partial charge in [0.15, 0.2) is 5.82 Å². The highest BCUT2D eigenvalue weighted by Gasteiger charge is 2.54. The zero-order valence-corrected chi connectivity index (χ0v) is 19.9. The van der Waals surface area contributed by atoms with Crippen LogP contribution in [0.4, 0.5) is 13.2 Å². The molecule has 1 saturated carbocycles. The second kappa shape index (κ2) is 7.84. The minimum atomic E-state index is -2.36. The van der Waals surface area contributed by atoms with Crippen LogP contribution < -0.4 is 0 Å². The standard InChI is InChI=1S/C26H26F3N3O3/c1-13-7-16(5-6-17(13)27)32-18-8-14-11-30-31-22(14)21(28)20(18)19(23(32)25(2,3)12-35-4)15-9-26(29,10-15)24(33)34/h5-8,11,15H,9-10,12H2,1-4H3,(H,30,31)(H,33,34). The van der Waals surface area contributed by atoms with E-state index in [4.69, 9.17) is 4.74 Å². The normalized spacial score (nSPS) is 20.5. The predicted octanol–water partition coefficient (Wildman–Crippen LogP) is 5.69. The van der Waals surface area contributed by atoms with Crippen LogP contribution in [0.3, 0.4) is 0 Å². The fraction of sp³-hybridized carbons (Fsp3) is 0.385. The number of H-pyrrole nitrogens is 1. The molecule has 0 radical (unpaired) electrons. The lowest BCUT2D eigenvalue weighted by molar-refractivity contribution is -0.158. The van der Waals surface area contributed by atoms with Gasteiger partial charge in [-0.15, -0.1) is 0 Å². The van der Waals surface area contributed by atoms with Crippen molar-refractivity contribution in [1.82, 2.24) is 14.8 Å². The maximum atomic E-state index is 16.1. The molecule has 0 saturated heterocycles. The molecule has 0 bridgehead atoms. The minimum Gasteiger partial charge on any atom is -0.479 e. The third kappa shape index (κ3) is 3.43. The molecule has 0 unspecified atom stereocenters. The van der Waals surface area contributed by atoms with Gasteiger partial charge in [0.05, 0.1) is 18.3 Å². The molecule has 5 rings (SSSR count). The number of ether oxygens (including phenoxy) is 1. The number of nitrogens with zero attached hydrogens (tertiary/aromatic N) is 2. The molecule has 0 atom stereocenters. The van der Waals surface area contributed by atoms with E-state index < -0.39 is 28.8 Å². The first-order valence-electron chi connectivity index (χ1n) is 11.4. The van der Waals surface area contributed by atoms with E-state index in [0.29, 0.717) is 33.4 Å². The van der Waals surface area contributed by atoms with Crippen molar-refractivity contribution in [2.75, 3.05) is 13.7 Å². The van der Waals surface area contributed by atoms with Gasteiger partial charge in [-0.3, -0.25) is 5.10 Å². The van der Waals surface area contributed by atoms with Gasteiger partial charge in [-0.25, -0.2) is 18.0 Å². The first-order chi connectivity index (χ1) is 16.5. The smallest absolute Gasteiger partial charge is 0.341 e. The highest BCUT2D eigenvalue weighted by Crippen LogP contribution is 2.54. The Balaban J connectivity index is 1.91. The number of nitrogens with one attached hydrogen (secondary N) is 1. The number of carboxylic acid groups (broad SMARTS) is 1. The molecule has 9 heteroatoms. The van der Waals surface area contributed by atoms with Gasteiger partial charge in [-0.2, -0.15) is 5.10 Å². The number of aromatic nitrogens is 3. The first-order valence-corrected chi connectivity index (χ1v) is 11.4. The Labute approximate surface area is 199 Å². The summed E-state index contributed by atoms with van der Waals surface area (Å²) in [6.07, 6.45) is 0.992. The summed E-state index contributed by atoms with van der Waals surface area (Å²) in [5, 5.41) is 16.9. The maximum absolute atomic E-state index is 16.1. The molecule has 4 aromatic rings. The number of aromatic amines is 1. The van der Waals surface area contributed by atoms with Gasteiger partial charge in [0.2, 0.25) is 5.67 Å². The molecular weight excluding hydrogens is 459 g/mol. The molecule has 0 spiro atoms. The van der Waals surface area contributed by atoms with Crippen molar-refractivity contribution < 1.29 is 27.8 Å². The summed E-state index contributed by atoms with van der Waals surface area (Å²) in [5.41, 5.74) is -0.0432. The number of hydrogen-bond acceptors (Lipinski definition) is 3. The largest absolute Gasteiger partial charge is 0.479 e. The third-order valence-corrected chi connectivity index (χ3v) is 7.12. The second-order valence-corrected chi connectivity index (χ2v) is 10.1. The summed E-state index contributed by atoms with van der Waals surface area (Å²) in [5.74, 6) is -2.94. The average molecular weight is 486 g/mol. The summed E-state index contributed by atoms with van der Waals surface area (Å²) in [7, 11) is 1.56. The summed E-state index contributed by atoms with van der Waals surface area (Å²) < 4.78 is 52.5. The zero-order chi connectivity index (χ0) is 25.3. The van der Waals surface area contributed by atoms with Crippen molar-refractivity contribution >= 4 is 27.8 Å². The van der Waals surface area contributed by atoms with E-state index in [1.54, 1.807) is 32.2 Å². The minimum absolute atomic E-state index is 0.214. The molecule has 2 aromatic heterocycles. The summed E-state index contributed by atoms with van der Waals surface area (Å²) in [6, 6.07) is 6.45. The Morgan fingerprint density at radius 3 is 2.66 bits per heavy atom. The van der Waals surface area contributed by atoms with E-state index >= 15 is 4.39 Å². The van der Waals surface area contributed by atoms with Crippen molar-refractivity contribution in [2.24, 2.45) is 0 Å². The number of aryl methyl sites for hydroxylation is 1. The van der Waals surface area contributed by atoms with Gasteiger partial charge in [-0.05, 0) is 61.1 Å². The summed E-state index contributed by atoms with van der Waals surface area (Å²) in [4.78, 5) is 11.5. The number of alkyl halides is 1. The van der Waals surface area contributed by atoms with Crippen LogP contribution in [0.1, 0.15) is 49.4 Å². The van der Waals surface area contributed by atoms with Crippen LogP contribution in [-0.4, -0.2) is 45.2 Å².